The first-order valence-corrected chi connectivity index (χ1v) is 7.25. The van der Waals surface area contributed by atoms with Crippen LogP contribution in [0, 0.1) is 15.5 Å². The Bertz CT molecular complexity index is 553. The van der Waals surface area contributed by atoms with Gasteiger partial charge in [0, 0.05) is 17.2 Å². The minimum Gasteiger partial charge on any atom is -0.487 e. The zero-order valence-corrected chi connectivity index (χ0v) is 12.3. The van der Waals surface area contributed by atoms with Gasteiger partial charge in [-0.25, -0.2) is 0 Å². The molecule has 1 aromatic rings. The molecule has 1 fully saturated rings. The Morgan fingerprint density at radius 2 is 2.14 bits per heavy atom. The van der Waals surface area contributed by atoms with E-state index in [1.54, 1.807) is 13.0 Å². The third kappa shape index (κ3) is 3.32. The monoisotopic (exact) mass is 292 g/mol. The number of carbonyl (C=O) groups is 1. The molecule has 6 heteroatoms. The smallest absolute Gasteiger partial charge is 0.312 e. The maximum Gasteiger partial charge on any atom is 0.312 e. The largest absolute Gasteiger partial charge is 0.487 e. The van der Waals surface area contributed by atoms with Crippen LogP contribution in [0.25, 0.3) is 0 Å². The first-order valence-electron chi connectivity index (χ1n) is 7.25. The van der Waals surface area contributed by atoms with Crippen molar-refractivity contribution in [3.05, 3.63) is 28.3 Å². The molecule has 6 nitrogen and oxygen atoms in total. The van der Waals surface area contributed by atoms with E-state index in [-0.39, 0.29) is 22.8 Å². The Balaban J connectivity index is 2.16. The summed E-state index contributed by atoms with van der Waals surface area (Å²) in [6.45, 7) is 4.17. The van der Waals surface area contributed by atoms with Crippen molar-refractivity contribution in [1.29, 1.82) is 0 Å². The van der Waals surface area contributed by atoms with Gasteiger partial charge >= 0.3 is 5.69 Å². The van der Waals surface area contributed by atoms with Crippen LogP contribution >= 0.6 is 0 Å². The zero-order valence-electron chi connectivity index (χ0n) is 12.3. The van der Waals surface area contributed by atoms with Crippen LogP contribution in [0.1, 0.15) is 39.5 Å². The molecule has 1 aromatic carbocycles. The molecule has 1 aliphatic carbocycles. The molecule has 1 aliphatic rings. The lowest BCUT2D eigenvalue weighted by molar-refractivity contribution is -0.385. The summed E-state index contributed by atoms with van der Waals surface area (Å²) in [6.07, 6.45) is 3.60. The van der Waals surface area contributed by atoms with Crippen LogP contribution in [0.4, 0.5) is 11.4 Å². The lowest BCUT2D eigenvalue weighted by Crippen LogP contribution is -2.24. The highest BCUT2D eigenvalue weighted by Gasteiger charge is 2.48. The predicted octanol–water partition coefficient (Wildman–Crippen LogP) is 3.51. The predicted molar refractivity (Wildman–Crippen MR) is 79.5 cm³/mol. The molecule has 114 valence electrons. The van der Waals surface area contributed by atoms with Gasteiger partial charge in [-0.3, -0.25) is 14.9 Å². The number of nitro groups is 1. The minimum absolute atomic E-state index is 0.0391. The average molecular weight is 292 g/mol. The summed E-state index contributed by atoms with van der Waals surface area (Å²) < 4.78 is 5.22. The number of nitrogens with zero attached hydrogens (tertiary/aromatic N) is 1. The summed E-state index contributed by atoms with van der Waals surface area (Å²) in [5.74, 6) is 0.179. The third-order valence-corrected chi connectivity index (χ3v) is 3.78. The molecule has 0 aliphatic heterocycles. The highest BCUT2D eigenvalue weighted by molar-refractivity contribution is 5.97. The topological polar surface area (TPSA) is 81.5 Å². The number of nitro benzene ring substituents is 1. The number of hydrogen-bond donors (Lipinski definition) is 1. The molecule has 21 heavy (non-hydrogen) atoms. The summed E-state index contributed by atoms with van der Waals surface area (Å²) in [4.78, 5) is 22.8. The molecule has 0 unspecified atom stereocenters. The summed E-state index contributed by atoms with van der Waals surface area (Å²) in [5.41, 5.74) is 0.0507. The van der Waals surface area contributed by atoms with Gasteiger partial charge in [0.2, 0.25) is 5.91 Å². The molecule has 0 aromatic heterocycles. The Kier molecular flexibility index (Phi) is 4.45. The summed E-state index contributed by atoms with van der Waals surface area (Å²) >= 11 is 0. The van der Waals surface area contributed by atoms with Gasteiger partial charge < -0.3 is 10.1 Å². The van der Waals surface area contributed by atoms with Gasteiger partial charge in [0.15, 0.2) is 5.75 Å². The van der Waals surface area contributed by atoms with Gasteiger partial charge in [-0.1, -0.05) is 13.3 Å². The molecular weight excluding hydrogens is 272 g/mol. The van der Waals surface area contributed by atoms with Gasteiger partial charge in [0.05, 0.1) is 11.5 Å². The second-order valence-corrected chi connectivity index (χ2v) is 5.36. The van der Waals surface area contributed by atoms with Crippen LogP contribution in [0.5, 0.6) is 5.75 Å². The summed E-state index contributed by atoms with van der Waals surface area (Å²) in [7, 11) is 0. The molecule has 0 radical (unpaired) electrons. The fourth-order valence-electron chi connectivity index (χ4n) is 2.50. The van der Waals surface area contributed by atoms with Crippen molar-refractivity contribution >= 4 is 17.3 Å². The van der Waals surface area contributed by atoms with Crippen molar-refractivity contribution in [3.8, 4) is 5.75 Å². The standard InChI is InChI=1S/C15H20N2O4/c1-3-7-15(8-9-15)14(18)16-11-5-6-13(21-4-2)12(10-11)17(19)20/h5-6,10H,3-4,7-9H2,1-2H3,(H,16,18). The van der Waals surface area contributed by atoms with E-state index in [0.717, 1.165) is 25.7 Å². The summed E-state index contributed by atoms with van der Waals surface area (Å²) in [5, 5.41) is 13.9. The van der Waals surface area contributed by atoms with Crippen molar-refractivity contribution < 1.29 is 14.5 Å². The average Bonchev–Trinajstić information content (AvgIpc) is 3.22. The highest BCUT2D eigenvalue weighted by Crippen LogP contribution is 2.50. The van der Waals surface area contributed by atoms with Crippen LogP contribution in [0.3, 0.4) is 0 Å². The van der Waals surface area contributed by atoms with Crippen molar-refractivity contribution in [1.82, 2.24) is 0 Å². The Labute approximate surface area is 123 Å². The lowest BCUT2D eigenvalue weighted by Gasteiger charge is -2.14. The van der Waals surface area contributed by atoms with Gasteiger partial charge in [-0.15, -0.1) is 0 Å². The van der Waals surface area contributed by atoms with Crippen LogP contribution < -0.4 is 10.1 Å². The van der Waals surface area contributed by atoms with E-state index >= 15 is 0 Å². The van der Waals surface area contributed by atoms with E-state index in [0.29, 0.717) is 12.3 Å². The number of carbonyl (C=O) groups excluding carboxylic acids is 1. The van der Waals surface area contributed by atoms with Gasteiger partial charge in [-0.2, -0.15) is 0 Å². The Morgan fingerprint density at radius 3 is 2.67 bits per heavy atom. The SMILES string of the molecule is CCCC1(C(=O)Nc2ccc(OCC)c([N+](=O)[O-])c2)CC1. The molecule has 1 N–H and O–H groups in total. The molecule has 2 rings (SSSR count). The number of amides is 1. The van der Waals surface area contributed by atoms with Crippen LogP contribution in [-0.4, -0.2) is 17.4 Å². The van der Waals surface area contributed by atoms with E-state index in [2.05, 4.69) is 12.2 Å². The number of anilines is 1. The maximum absolute atomic E-state index is 12.3. The Morgan fingerprint density at radius 1 is 1.43 bits per heavy atom. The van der Waals surface area contributed by atoms with Crippen molar-refractivity contribution in [2.24, 2.45) is 5.41 Å². The van der Waals surface area contributed by atoms with Gasteiger partial charge in [0.1, 0.15) is 0 Å². The number of rotatable bonds is 7. The number of ether oxygens (including phenoxy) is 1. The first kappa shape index (κ1) is 15.3. The molecule has 1 amide bonds. The van der Waals surface area contributed by atoms with E-state index in [1.165, 1.54) is 12.1 Å². The number of benzene rings is 1. The highest BCUT2D eigenvalue weighted by atomic mass is 16.6. The molecule has 0 saturated heterocycles. The fraction of sp³-hybridized carbons (Fsp3) is 0.533. The number of nitrogens with one attached hydrogen (secondary N) is 1. The number of hydrogen-bond acceptors (Lipinski definition) is 4. The van der Waals surface area contributed by atoms with Crippen LogP contribution in [-0.2, 0) is 4.79 Å². The molecule has 0 spiro atoms. The minimum atomic E-state index is -0.500. The Hall–Kier alpha value is -2.11. The van der Waals surface area contributed by atoms with Crippen molar-refractivity contribution in [2.45, 2.75) is 39.5 Å². The van der Waals surface area contributed by atoms with E-state index < -0.39 is 4.92 Å². The zero-order chi connectivity index (χ0) is 15.5. The second-order valence-electron chi connectivity index (χ2n) is 5.36. The van der Waals surface area contributed by atoms with Gasteiger partial charge in [-0.05, 0) is 38.3 Å². The van der Waals surface area contributed by atoms with Crippen molar-refractivity contribution in [3.63, 3.8) is 0 Å². The van der Waals surface area contributed by atoms with E-state index in [4.69, 9.17) is 4.74 Å². The lowest BCUT2D eigenvalue weighted by atomic mass is 9.99. The molecule has 0 bridgehead atoms. The van der Waals surface area contributed by atoms with Crippen LogP contribution in [0.15, 0.2) is 18.2 Å². The maximum atomic E-state index is 12.3. The normalized spacial score (nSPS) is 15.3. The molecule has 0 heterocycles. The second kappa shape index (κ2) is 6.11. The first-order chi connectivity index (χ1) is 10.0. The van der Waals surface area contributed by atoms with E-state index in [1.807, 2.05) is 0 Å². The molecule has 0 atom stereocenters. The fourth-order valence-corrected chi connectivity index (χ4v) is 2.50. The van der Waals surface area contributed by atoms with Crippen molar-refractivity contribution in [2.75, 3.05) is 11.9 Å². The van der Waals surface area contributed by atoms with Crippen LogP contribution in [0.2, 0.25) is 0 Å². The summed E-state index contributed by atoms with van der Waals surface area (Å²) in [6, 6.07) is 4.51. The molecular formula is C15H20N2O4. The van der Waals surface area contributed by atoms with Gasteiger partial charge in [0.25, 0.3) is 0 Å². The third-order valence-electron chi connectivity index (χ3n) is 3.78. The van der Waals surface area contributed by atoms with E-state index in [9.17, 15) is 14.9 Å². The quantitative estimate of drug-likeness (QED) is 0.616. The molecule has 1 saturated carbocycles.